The van der Waals surface area contributed by atoms with Crippen LogP contribution in [0.2, 0.25) is 0 Å². The van der Waals surface area contributed by atoms with Crippen LogP contribution in [0.15, 0.2) is 0 Å². The van der Waals surface area contributed by atoms with Gasteiger partial charge in [-0.15, -0.1) is 0 Å². The van der Waals surface area contributed by atoms with Gasteiger partial charge in [0.1, 0.15) is 0 Å². The number of rotatable bonds is 5. The molecule has 1 N–H and O–H groups in total. The normalized spacial score (nSPS) is 33.5. The minimum Gasteiger partial charge on any atom is -0.381 e. The summed E-state index contributed by atoms with van der Waals surface area (Å²) in [7, 11) is 0. The van der Waals surface area contributed by atoms with Gasteiger partial charge in [-0.05, 0) is 48.5 Å². The van der Waals surface area contributed by atoms with E-state index < -0.39 is 0 Å². The molecule has 2 aliphatic heterocycles. The van der Waals surface area contributed by atoms with E-state index in [2.05, 4.69) is 39.9 Å². The van der Waals surface area contributed by atoms with Crippen LogP contribution < -0.4 is 5.32 Å². The van der Waals surface area contributed by atoms with Gasteiger partial charge in [-0.3, -0.25) is 0 Å². The molecule has 2 nitrogen and oxygen atoms in total. The second-order valence-electron chi connectivity index (χ2n) is 7.74. The summed E-state index contributed by atoms with van der Waals surface area (Å²) in [6.45, 7) is 15.2. The third kappa shape index (κ3) is 2.75. The summed E-state index contributed by atoms with van der Waals surface area (Å²) in [6, 6.07) is 0.712. The maximum Gasteiger partial charge on any atom is 0.0500 e. The molecule has 0 saturated carbocycles. The predicted molar refractivity (Wildman–Crippen MR) is 76.7 cm³/mol. The van der Waals surface area contributed by atoms with E-state index in [1.807, 2.05) is 0 Å². The van der Waals surface area contributed by atoms with E-state index in [4.69, 9.17) is 4.74 Å². The van der Waals surface area contributed by atoms with Crippen molar-refractivity contribution < 1.29 is 4.74 Å². The van der Waals surface area contributed by atoms with Crippen molar-refractivity contribution in [2.75, 3.05) is 19.8 Å². The van der Waals surface area contributed by atoms with Crippen LogP contribution in [0.5, 0.6) is 0 Å². The maximum absolute atomic E-state index is 5.58. The lowest BCUT2D eigenvalue weighted by Gasteiger charge is -2.50. The van der Waals surface area contributed by atoms with E-state index in [0.717, 1.165) is 25.0 Å². The van der Waals surface area contributed by atoms with Crippen molar-refractivity contribution in [1.29, 1.82) is 0 Å². The minimum absolute atomic E-state index is 0.436. The molecule has 0 aromatic rings. The zero-order valence-corrected chi connectivity index (χ0v) is 12.9. The lowest BCUT2D eigenvalue weighted by Crippen LogP contribution is -2.61. The Morgan fingerprint density at radius 2 is 1.89 bits per heavy atom. The highest BCUT2D eigenvalue weighted by Gasteiger charge is 2.44. The number of nitrogens with one attached hydrogen (secondary N) is 1. The molecule has 2 saturated heterocycles. The molecule has 2 unspecified atom stereocenters. The fraction of sp³-hybridized carbons (Fsp3) is 1.00. The van der Waals surface area contributed by atoms with Crippen LogP contribution in [-0.4, -0.2) is 25.8 Å². The summed E-state index contributed by atoms with van der Waals surface area (Å²) in [6.07, 6.45) is 3.87. The fourth-order valence-electron chi connectivity index (χ4n) is 3.72. The molecule has 3 atom stereocenters. The van der Waals surface area contributed by atoms with E-state index in [-0.39, 0.29) is 0 Å². The van der Waals surface area contributed by atoms with Crippen molar-refractivity contribution in [3.05, 3.63) is 0 Å². The van der Waals surface area contributed by atoms with Gasteiger partial charge in [0.05, 0.1) is 0 Å². The first kappa shape index (κ1) is 14.3. The average Bonchev–Trinajstić information content (AvgIpc) is 2.78. The van der Waals surface area contributed by atoms with Crippen LogP contribution in [0.3, 0.4) is 0 Å². The lowest BCUT2D eigenvalue weighted by atomic mass is 9.64. The fourth-order valence-corrected chi connectivity index (χ4v) is 3.72. The van der Waals surface area contributed by atoms with Crippen molar-refractivity contribution in [1.82, 2.24) is 5.32 Å². The molecule has 2 fully saturated rings. The Morgan fingerprint density at radius 1 is 1.17 bits per heavy atom. The number of hydrogen-bond acceptors (Lipinski definition) is 2. The van der Waals surface area contributed by atoms with Gasteiger partial charge >= 0.3 is 0 Å². The Bertz CT molecular complexity index is 279. The van der Waals surface area contributed by atoms with Crippen LogP contribution in [-0.2, 0) is 4.74 Å². The van der Waals surface area contributed by atoms with Crippen LogP contribution >= 0.6 is 0 Å². The average molecular weight is 253 g/mol. The third-order valence-corrected chi connectivity index (χ3v) is 5.65. The third-order valence-electron chi connectivity index (χ3n) is 5.65. The van der Waals surface area contributed by atoms with Crippen molar-refractivity contribution in [2.24, 2.45) is 22.7 Å². The van der Waals surface area contributed by atoms with Gasteiger partial charge in [0, 0.05) is 19.3 Å². The van der Waals surface area contributed by atoms with Gasteiger partial charge in [0.25, 0.3) is 0 Å². The molecule has 2 rings (SSSR count). The second kappa shape index (κ2) is 5.13. The highest BCUT2D eigenvalue weighted by Crippen LogP contribution is 2.44. The smallest absolute Gasteiger partial charge is 0.0500 e. The van der Waals surface area contributed by atoms with Gasteiger partial charge in [-0.2, -0.15) is 0 Å². The van der Waals surface area contributed by atoms with Gasteiger partial charge in [-0.1, -0.05) is 34.6 Å². The largest absolute Gasteiger partial charge is 0.381 e. The summed E-state index contributed by atoms with van der Waals surface area (Å²) in [5.41, 5.74) is 0.872. The van der Waals surface area contributed by atoms with Gasteiger partial charge in [0.15, 0.2) is 0 Å². The molecule has 0 amide bonds. The Labute approximate surface area is 113 Å². The topological polar surface area (TPSA) is 21.3 Å². The summed E-state index contributed by atoms with van der Waals surface area (Å²) in [4.78, 5) is 0. The van der Waals surface area contributed by atoms with Crippen LogP contribution in [0, 0.1) is 22.7 Å². The first-order valence-corrected chi connectivity index (χ1v) is 7.68. The molecule has 2 heterocycles. The van der Waals surface area contributed by atoms with E-state index in [0.29, 0.717) is 16.9 Å². The molecule has 0 bridgehead atoms. The molecule has 18 heavy (non-hydrogen) atoms. The molecule has 0 aliphatic carbocycles. The number of hydrogen-bond donors (Lipinski definition) is 1. The molecular formula is C16H31NO. The molecule has 0 aromatic heterocycles. The maximum atomic E-state index is 5.58. The Morgan fingerprint density at radius 3 is 2.33 bits per heavy atom. The monoisotopic (exact) mass is 253 g/mol. The molecule has 2 heteroatoms. The molecule has 0 aromatic carbocycles. The lowest BCUT2D eigenvalue weighted by molar-refractivity contribution is 0.0378. The van der Waals surface area contributed by atoms with Crippen LogP contribution in [0.1, 0.15) is 53.9 Å². The highest BCUT2D eigenvalue weighted by molar-refractivity contribution is 4.99. The van der Waals surface area contributed by atoms with Crippen molar-refractivity contribution >= 4 is 0 Å². The first-order valence-electron chi connectivity index (χ1n) is 7.68. The molecule has 106 valence electrons. The summed E-state index contributed by atoms with van der Waals surface area (Å²) < 4.78 is 5.58. The zero-order chi connectivity index (χ0) is 13.4. The zero-order valence-electron chi connectivity index (χ0n) is 12.9. The van der Waals surface area contributed by atoms with Gasteiger partial charge in [-0.25, -0.2) is 0 Å². The Balaban J connectivity index is 1.93. The van der Waals surface area contributed by atoms with E-state index >= 15 is 0 Å². The van der Waals surface area contributed by atoms with Crippen molar-refractivity contribution in [3.63, 3.8) is 0 Å². The van der Waals surface area contributed by atoms with Crippen LogP contribution in [0.4, 0.5) is 0 Å². The Hall–Kier alpha value is -0.0800. The summed E-state index contributed by atoms with van der Waals surface area (Å²) >= 11 is 0. The molecule has 0 radical (unpaired) electrons. The van der Waals surface area contributed by atoms with E-state index in [1.165, 1.54) is 25.8 Å². The SMILES string of the molecule is CCC(C)(C)[C@H]1NCC1CC(C)(C)C1CCOC1. The standard InChI is InChI=1S/C16H31NO/c1-6-15(2,3)14-12(10-17-14)9-16(4,5)13-7-8-18-11-13/h12-14,17H,6-11H2,1-5H3/t12?,13?,14-/m0/s1. The van der Waals surface area contributed by atoms with Gasteiger partial charge < -0.3 is 10.1 Å². The van der Waals surface area contributed by atoms with Gasteiger partial charge in [0.2, 0.25) is 0 Å². The minimum atomic E-state index is 0.436. The molecule has 2 aliphatic rings. The highest BCUT2D eigenvalue weighted by atomic mass is 16.5. The summed E-state index contributed by atoms with van der Waals surface area (Å²) in [5.74, 6) is 1.62. The predicted octanol–water partition coefficient (Wildman–Crippen LogP) is 3.46. The second-order valence-corrected chi connectivity index (χ2v) is 7.74. The van der Waals surface area contributed by atoms with Crippen molar-refractivity contribution in [3.8, 4) is 0 Å². The number of ether oxygens (including phenoxy) is 1. The molecular weight excluding hydrogens is 222 g/mol. The van der Waals surface area contributed by atoms with E-state index in [9.17, 15) is 0 Å². The Kier molecular flexibility index (Phi) is 4.08. The molecule has 0 spiro atoms. The summed E-state index contributed by atoms with van der Waals surface area (Å²) in [5, 5.41) is 3.67. The van der Waals surface area contributed by atoms with E-state index in [1.54, 1.807) is 0 Å². The van der Waals surface area contributed by atoms with Crippen LogP contribution in [0.25, 0.3) is 0 Å². The first-order chi connectivity index (χ1) is 8.37. The quantitative estimate of drug-likeness (QED) is 0.810. The van der Waals surface area contributed by atoms with Crippen molar-refractivity contribution in [2.45, 2.75) is 59.9 Å².